The van der Waals surface area contributed by atoms with Crippen molar-refractivity contribution in [3.63, 3.8) is 0 Å². The van der Waals surface area contributed by atoms with Gasteiger partial charge in [0.15, 0.2) is 0 Å². The Kier molecular flexibility index (Phi) is 9.70. The van der Waals surface area contributed by atoms with E-state index >= 15 is 0 Å². The molecule has 0 unspecified atom stereocenters. The van der Waals surface area contributed by atoms with Crippen LogP contribution in [-0.4, -0.2) is 24.2 Å². The maximum absolute atomic E-state index is 9.87. The summed E-state index contributed by atoms with van der Waals surface area (Å²) < 4.78 is 0. The highest BCUT2D eigenvalue weighted by Gasteiger charge is 2.27. The zero-order valence-corrected chi connectivity index (χ0v) is 42.6. The van der Waals surface area contributed by atoms with Crippen molar-refractivity contribution in [2.75, 3.05) is 0 Å². The summed E-state index contributed by atoms with van der Waals surface area (Å²) in [4.78, 5) is 0. The van der Waals surface area contributed by atoms with Crippen LogP contribution < -0.4 is 15.6 Å². The van der Waals surface area contributed by atoms with Gasteiger partial charge in [0.2, 0.25) is 0 Å². The molecule has 0 aromatic heterocycles. The first-order valence-electron chi connectivity index (χ1n) is 23.5. The third kappa shape index (κ3) is 6.67. The maximum atomic E-state index is 9.87. The number of hydrogen-bond donors (Lipinski definition) is 0. The minimum atomic E-state index is -1.67. The van der Waals surface area contributed by atoms with Crippen molar-refractivity contribution in [1.82, 2.24) is 0 Å². The monoisotopic (exact) mass is 897 g/mol. The van der Waals surface area contributed by atoms with Crippen molar-refractivity contribution in [2.24, 2.45) is 0 Å². The highest BCUT2D eigenvalue weighted by Crippen LogP contribution is 2.50. The van der Waals surface area contributed by atoms with Gasteiger partial charge in [-0.3, -0.25) is 0 Å². The first-order valence-corrected chi connectivity index (χ1v) is 34.0. The standard InChI is InChI=1S/C62H55NSi3/c1-64(2,3)58-33-30-44(41-16-10-13-19-47(41)58)55-36-54(40-24-22-39(38-63)23-25-40)50-26-27-52-56(45-31-34-59(65(4,5)6)48-20-14-11-17-42(45)48)37-57(53-29-28-51(55)61(50)62(52)53)46-32-35-60(66(7,8)9)49-21-15-12-18-43(46)49/h10-37H,1-9H3. The highest BCUT2D eigenvalue weighted by molar-refractivity contribution is 6.91. The van der Waals surface area contributed by atoms with Crippen molar-refractivity contribution in [1.29, 1.82) is 5.26 Å². The van der Waals surface area contributed by atoms with E-state index < -0.39 is 24.2 Å². The van der Waals surface area contributed by atoms with Crippen molar-refractivity contribution < 1.29 is 0 Å². The first-order chi connectivity index (χ1) is 31.6. The maximum Gasteiger partial charge on any atom is 0.0991 e. The molecule has 0 amide bonds. The van der Waals surface area contributed by atoms with Gasteiger partial charge in [-0.1, -0.05) is 220 Å². The fraction of sp³-hybridized carbons (Fsp3) is 0.145. The van der Waals surface area contributed by atoms with Crippen LogP contribution in [0.3, 0.4) is 0 Å². The van der Waals surface area contributed by atoms with Gasteiger partial charge in [0, 0.05) is 0 Å². The molecule has 0 atom stereocenters. The lowest BCUT2D eigenvalue weighted by atomic mass is 9.80. The molecule has 0 fully saturated rings. The number of rotatable bonds is 7. The first kappa shape index (κ1) is 42.0. The Morgan fingerprint density at radius 2 is 0.591 bits per heavy atom. The molecule has 4 heteroatoms. The Bertz CT molecular complexity index is 3700. The van der Waals surface area contributed by atoms with Crippen LogP contribution >= 0.6 is 0 Å². The zero-order chi connectivity index (χ0) is 45.9. The third-order valence-electron chi connectivity index (χ3n) is 14.3. The SMILES string of the molecule is C[Si](C)(C)c1ccc(-c2cc(-c3ccc(C#N)cc3)c3ccc4c(-c5ccc([Si](C)(C)C)c6ccccc56)cc(-c5ccc([Si](C)(C)C)c6ccccc56)c5ccc2c3c45)c2ccccc12. The lowest BCUT2D eigenvalue weighted by Gasteiger charge is -2.25. The molecule has 11 rings (SSSR count). The second-order valence-electron chi connectivity index (χ2n) is 21.6. The lowest BCUT2D eigenvalue weighted by molar-refractivity contribution is 1.48. The Morgan fingerprint density at radius 1 is 0.288 bits per heavy atom. The second kappa shape index (κ2) is 15.2. The molecule has 320 valence electrons. The number of benzene rings is 11. The molecular weight excluding hydrogens is 843 g/mol. The highest BCUT2D eigenvalue weighted by atomic mass is 28.3. The Morgan fingerprint density at radius 3 is 0.909 bits per heavy atom. The third-order valence-corrected chi connectivity index (χ3v) is 20.4. The molecule has 0 aliphatic carbocycles. The predicted molar refractivity (Wildman–Crippen MR) is 298 cm³/mol. The summed E-state index contributed by atoms with van der Waals surface area (Å²) in [5.41, 5.74) is 10.5. The van der Waals surface area contributed by atoms with Crippen molar-refractivity contribution in [2.45, 2.75) is 58.9 Å². The lowest BCUT2D eigenvalue weighted by Crippen LogP contribution is -2.38. The molecule has 66 heavy (non-hydrogen) atoms. The molecule has 1 nitrogen and oxygen atoms in total. The molecular formula is C62H55NSi3. The van der Waals surface area contributed by atoms with Gasteiger partial charge in [-0.05, 0) is 133 Å². The number of hydrogen-bond acceptors (Lipinski definition) is 1. The fourth-order valence-electron chi connectivity index (χ4n) is 11.2. The molecule has 11 aromatic rings. The second-order valence-corrected chi connectivity index (χ2v) is 36.7. The number of nitrogens with zero attached hydrogens (tertiary/aromatic N) is 1. The van der Waals surface area contributed by atoms with Gasteiger partial charge in [-0.15, -0.1) is 0 Å². The minimum Gasteiger partial charge on any atom is -0.192 e. The Balaban J connectivity index is 1.34. The average Bonchev–Trinajstić information content (AvgIpc) is 3.31. The van der Waals surface area contributed by atoms with Gasteiger partial charge >= 0.3 is 0 Å². The van der Waals surface area contributed by atoms with Gasteiger partial charge in [0.25, 0.3) is 0 Å². The van der Waals surface area contributed by atoms with Crippen molar-refractivity contribution in [3.05, 3.63) is 175 Å². The van der Waals surface area contributed by atoms with Crippen LogP contribution in [0, 0.1) is 11.3 Å². The average molecular weight is 898 g/mol. The van der Waals surface area contributed by atoms with Crippen LogP contribution in [0.2, 0.25) is 58.9 Å². The summed E-state index contributed by atoms with van der Waals surface area (Å²) >= 11 is 0. The Hall–Kier alpha value is -6.62. The quantitative estimate of drug-likeness (QED) is 0.115. The number of fused-ring (bicyclic) bond motifs is 3. The zero-order valence-electron chi connectivity index (χ0n) is 39.6. The number of nitriles is 1. The van der Waals surface area contributed by atoms with Gasteiger partial charge in [0.1, 0.15) is 0 Å². The van der Waals surface area contributed by atoms with Crippen LogP contribution in [-0.2, 0) is 0 Å². The smallest absolute Gasteiger partial charge is 0.0991 e. The predicted octanol–water partition coefficient (Wildman–Crippen LogP) is 16.2. The molecule has 0 bridgehead atoms. The van der Waals surface area contributed by atoms with E-state index in [4.69, 9.17) is 0 Å². The summed E-state index contributed by atoms with van der Waals surface area (Å²) in [6, 6.07) is 67.0. The van der Waals surface area contributed by atoms with Crippen molar-refractivity contribution >= 4 is 104 Å². The minimum absolute atomic E-state index is 0.665. The molecule has 0 saturated heterocycles. The van der Waals surface area contributed by atoms with Gasteiger partial charge in [0.05, 0.1) is 35.9 Å². The summed E-state index contributed by atoms with van der Waals surface area (Å²) in [5.74, 6) is 0. The molecule has 0 radical (unpaired) electrons. The van der Waals surface area contributed by atoms with E-state index in [0.29, 0.717) is 5.56 Å². The van der Waals surface area contributed by atoms with E-state index in [0.717, 1.165) is 5.56 Å². The molecule has 0 spiro atoms. The van der Waals surface area contributed by atoms with Crippen LogP contribution in [0.5, 0.6) is 0 Å². The van der Waals surface area contributed by atoms with E-state index in [9.17, 15) is 5.26 Å². The van der Waals surface area contributed by atoms with Crippen LogP contribution in [0.15, 0.2) is 170 Å². The largest absolute Gasteiger partial charge is 0.192 e. The summed E-state index contributed by atoms with van der Waals surface area (Å²) in [5, 5.41) is 29.9. The van der Waals surface area contributed by atoms with Gasteiger partial charge in [-0.2, -0.15) is 5.26 Å². The van der Waals surface area contributed by atoms with Crippen molar-refractivity contribution in [3.8, 4) is 50.6 Å². The summed E-state index contributed by atoms with van der Waals surface area (Å²) in [6.07, 6.45) is 0. The van der Waals surface area contributed by atoms with E-state index in [2.05, 4.69) is 223 Å². The topological polar surface area (TPSA) is 23.8 Å². The van der Waals surface area contributed by atoms with Crippen LogP contribution in [0.4, 0.5) is 0 Å². The van der Waals surface area contributed by atoms with Gasteiger partial charge in [-0.25, -0.2) is 0 Å². The molecule has 11 aromatic carbocycles. The van der Waals surface area contributed by atoms with E-state index in [1.54, 1.807) is 0 Å². The fourth-order valence-corrected chi connectivity index (χ4v) is 16.0. The molecule has 0 saturated carbocycles. The van der Waals surface area contributed by atoms with E-state index in [-0.39, 0.29) is 0 Å². The molecule has 0 N–H and O–H groups in total. The van der Waals surface area contributed by atoms with Crippen LogP contribution in [0.25, 0.3) is 109 Å². The van der Waals surface area contributed by atoms with Gasteiger partial charge < -0.3 is 0 Å². The van der Waals surface area contributed by atoms with Crippen LogP contribution in [0.1, 0.15) is 5.56 Å². The summed E-state index contributed by atoms with van der Waals surface area (Å²) in [7, 11) is -5.01. The molecule has 0 heterocycles. The molecule has 0 aliphatic rings. The Labute approximate surface area is 392 Å². The normalized spacial score (nSPS) is 12.6. The van der Waals surface area contributed by atoms with E-state index in [1.165, 1.54) is 119 Å². The summed E-state index contributed by atoms with van der Waals surface area (Å²) in [6.45, 7) is 22.1. The van der Waals surface area contributed by atoms with E-state index in [1.807, 2.05) is 12.1 Å². The molecule has 0 aliphatic heterocycles.